The Labute approximate surface area is 113 Å². The van der Waals surface area contributed by atoms with E-state index in [0.717, 1.165) is 0 Å². The Balaban J connectivity index is 2.09. The first-order valence-corrected chi connectivity index (χ1v) is 8.07. The van der Waals surface area contributed by atoms with Gasteiger partial charge in [-0.05, 0) is 27.2 Å². The van der Waals surface area contributed by atoms with E-state index in [4.69, 9.17) is 4.74 Å². The number of sulfone groups is 1. The molecule has 2 heterocycles. The highest BCUT2D eigenvalue weighted by atomic mass is 32.2. The van der Waals surface area contributed by atoms with Crippen LogP contribution in [0.1, 0.15) is 27.2 Å². The normalized spacial score (nSPS) is 30.1. The first kappa shape index (κ1) is 14.3. The summed E-state index contributed by atoms with van der Waals surface area (Å²) in [6.07, 6.45) is -0.0777. The smallest absolute Gasteiger partial charge is 0.410 e. The molecule has 1 amide bonds. The van der Waals surface area contributed by atoms with Gasteiger partial charge in [0.1, 0.15) is 11.4 Å². The lowest BCUT2D eigenvalue weighted by atomic mass is 9.86. The van der Waals surface area contributed by atoms with E-state index in [1.54, 1.807) is 20.8 Å². The molecule has 0 aromatic carbocycles. The standard InChI is InChI=1S/C12H19NO5S/c1-11(2,3)18-10(15)13-5-4-12(7-13)8-19(16,17)6-9(12)14/h4-8H2,1-3H3. The van der Waals surface area contributed by atoms with Crippen LogP contribution in [0.3, 0.4) is 0 Å². The lowest BCUT2D eigenvalue weighted by molar-refractivity contribution is -0.123. The van der Waals surface area contributed by atoms with Gasteiger partial charge in [0.25, 0.3) is 0 Å². The van der Waals surface area contributed by atoms with Crippen LogP contribution in [-0.2, 0) is 19.4 Å². The zero-order chi connectivity index (χ0) is 14.5. The molecule has 1 atom stereocenters. The van der Waals surface area contributed by atoms with Crippen LogP contribution >= 0.6 is 0 Å². The highest BCUT2D eigenvalue weighted by molar-refractivity contribution is 7.92. The van der Waals surface area contributed by atoms with Gasteiger partial charge in [-0.25, -0.2) is 13.2 Å². The van der Waals surface area contributed by atoms with Crippen molar-refractivity contribution in [2.75, 3.05) is 24.6 Å². The number of rotatable bonds is 0. The number of carbonyl (C=O) groups is 2. The van der Waals surface area contributed by atoms with Gasteiger partial charge in [-0.1, -0.05) is 0 Å². The minimum absolute atomic E-state index is 0.141. The summed E-state index contributed by atoms with van der Waals surface area (Å²) in [4.78, 5) is 25.3. The highest BCUT2D eigenvalue weighted by Crippen LogP contribution is 2.38. The third-order valence-corrected chi connectivity index (χ3v) is 5.14. The topological polar surface area (TPSA) is 80.8 Å². The van der Waals surface area contributed by atoms with Crippen molar-refractivity contribution in [3.05, 3.63) is 0 Å². The third kappa shape index (κ3) is 2.91. The summed E-state index contributed by atoms with van der Waals surface area (Å²) < 4.78 is 28.3. The molecular formula is C12H19NO5S. The van der Waals surface area contributed by atoms with E-state index in [1.165, 1.54) is 4.90 Å². The first-order valence-electron chi connectivity index (χ1n) is 6.25. The van der Waals surface area contributed by atoms with Crippen molar-refractivity contribution in [1.82, 2.24) is 4.90 Å². The number of amides is 1. The zero-order valence-corrected chi connectivity index (χ0v) is 12.2. The molecule has 2 rings (SSSR count). The number of ether oxygens (including phenoxy) is 1. The molecule has 7 heteroatoms. The Morgan fingerprint density at radius 2 is 2.00 bits per heavy atom. The molecule has 19 heavy (non-hydrogen) atoms. The number of carbonyl (C=O) groups excluding carboxylic acids is 2. The molecular weight excluding hydrogens is 270 g/mol. The maximum atomic E-state index is 11.9. The van der Waals surface area contributed by atoms with Crippen LogP contribution in [0.4, 0.5) is 4.79 Å². The number of hydrogen-bond acceptors (Lipinski definition) is 5. The molecule has 0 bridgehead atoms. The van der Waals surface area contributed by atoms with E-state index in [2.05, 4.69) is 0 Å². The summed E-state index contributed by atoms with van der Waals surface area (Å²) in [5.41, 5.74) is -1.49. The fourth-order valence-corrected chi connectivity index (χ4v) is 4.65. The fourth-order valence-electron chi connectivity index (χ4n) is 2.61. The lowest BCUT2D eigenvalue weighted by Crippen LogP contribution is -2.39. The van der Waals surface area contributed by atoms with Crippen LogP contribution < -0.4 is 0 Å². The molecule has 0 N–H and O–H groups in total. The van der Waals surface area contributed by atoms with E-state index >= 15 is 0 Å². The molecule has 108 valence electrons. The molecule has 1 spiro atoms. The van der Waals surface area contributed by atoms with Crippen LogP contribution in [0.2, 0.25) is 0 Å². The van der Waals surface area contributed by atoms with Gasteiger partial charge < -0.3 is 9.64 Å². The SMILES string of the molecule is CC(C)(C)OC(=O)N1CCC2(C1)CS(=O)(=O)CC2=O. The minimum atomic E-state index is -3.30. The number of nitrogens with zero attached hydrogens (tertiary/aromatic N) is 1. The second-order valence-corrected chi connectivity index (χ2v) is 8.45. The van der Waals surface area contributed by atoms with Crippen molar-refractivity contribution in [3.8, 4) is 0 Å². The molecule has 0 aliphatic carbocycles. The van der Waals surface area contributed by atoms with Crippen molar-refractivity contribution in [1.29, 1.82) is 0 Å². The number of likely N-dealkylation sites (tertiary alicyclic amines) is 1. The van der Waals surface area contributed by atoms with E-state index in [9.17, 15) is 18.0 Å². The van der Waals surface area contributed by atoms with Crippen molar-refractivity contribution in [3.63, 3.8) is 0 Å². The van der Waals surface area contributed by atoms with E-state index in [0.29, 0.717) is 13.0 Å². The first-order chi connectivity index (χ1) is 8.53. The summed E-state index contributed by atoms with van der Waals surface area (Å²) in [6.45, 7) is 5.82. The summed E-state index contributed by atoms with van der Waals surface area (Å²) in [5.74, 6) is -0.800. The predicted molar refractivity (Wildman–Crippen MR) is 68.5 cm³/mol. The number of hydrogen-bond donors (Lipinski definition) is 0. The molecule has 1 unspecified atom stereocenters. The molecule has 6 nitrogen and oxygen atoms in total. The molecule has 0 aromatic heterocycles. The molecule has 0 saturated carbocycles. The molecule has 2 fully saturated rings. The van der Waals surface area contributed by atoms with E-state index < -0.39 is 32.7 Å². The summed E-state index contributed by atoms with van der Waals surface area (Å²) in [5, 5.41) is 0. The second kappa shape index (κ2) is 4.19. The molecule has 2 saturated heterocycles. The van der Waals surface area contributed by atoms with Crippen LogP contribution in [0.5, 0.6) is 0 Å². The summed E-state index contributed by atoms with van der Waals surface area (Å²) in [6, 6.07) is 0. The predicted octanol–water partition coefficient (Wildman–Crippen LogP) is 0.611. The third-order valence-electron chi connectivity index (χ3n) is 3.44. The maximum Gasteiger partial charge on any atom is 0.410 e. The van der Waals surface area contributed by atoms with E-state index in [-0.39, 0.29) is 18.1 Å². The summed E-state index contributed by atoms with van der Waals surface area (Å²) >= 11 is 0. The van der Waals surface area contributed by atoms with Gasteiger partial charge in [-0.15, -0.1) is 0 Å². The Morgan fingerprint density at radius 1 is 1.37 bits per heavy atom. The van der Waals surface area contributed by atoms with Gasteiger partial charge in [0.15, 0.2) is 15.6 Å². The maximum absolute atomic E-state index is 11.9. The van der Waals surface area contributed by atoms with Crippen molar-refractivity contribution >= 4 is 21.7 Å². The quantitative estimate of drug-likeness (QED) is 0.652. The molecule has 2 aliphatic rings. The average Bonchev–Trinajstić information content (AvgIpc) is 2.67. The van der Waals surface area contributed by atoms with Gasteiger partial charge in [0, 0.05) is 13.1 Å². The monoisotopic (exact) mass is 289 g/mol. The van der Waals surface area contributed by atoms with Gasteiger partial charge in [0.05, 0.1) is 11.2 Å². The fraction of sp³-hybridized carbons (Fsp3) is 0.833. The number of ketones is 1. The second-order valence-electron chi connectivity index (χ2n) is 6.39. The van der Waals surface area contributed by atoms with E-state index in [1.807, 2.05) is 0 Å². The molecule has 2 aliphatic heterocycles. The number of Topliss-reactive ketones (excluding diaryl/α,β-unsaturated/α-hetero) is 1. The Bertz CT molecular complexity index is 519. The van der Waals surface area contributed by atoms with Crippen molar-refractivity contribution in [2.45, 2.75) is 32.8 Å². The van der Waals surface area contributed by atoms with Gasteiger partial charge in [0.2, 0.25) is 0 Å². The Morgan fingerprint density at radius 3 is 2.47 bits per heavy atom. The molecule has 0 radical (unpaired) electrons. The average molecular weight is 289 g/mol. The highest BCUT2D eigenvalue weighted by Gasteiger charge is 2.54. The van der Waals surface area contributed by atoms with Crippen LogP contribution in [0.25, 0.3) is 0 Å². The minimum Gasteiger partial charge on any atom is -0.444 e. The van der Waals surface area contributed by atoms with Gasteiger partial charge >= 0.3 is 6.09 Å². The van der Waals surface area contributed by atoms with Crippen molar-refractivity contribution in [2.24, 2.45) is 5.41 Å². The van der Waals surface area contributed by atoms with Crippen LogP contribution in [0.15, 0.2) is 0 Å². The zero-order valence-electron chi connectivity index (χ0n) is 11.4. The Kier molecular flexibility index (Phi) is 3.16. The van der Waals surface area contributed by atoms with Gasteiger partial charge in [-0.2, -0.15) is 0 Å². The Hall–Kier alpha value is -1.11. The van der Waals surface area contributed by atoms with Crippen LogP contribution in [-0.4, -0.2) is 55.4 Å². The van der Waals surface area contributed by atoms with Crippen LogP contribution in [0, 0.1) is 5.41 Å². The molecule has 0 aromatic rings. The van der Waals surface area contributed by atoms with Crippen molar-refractivity contribution < 1.29 is 22.7 Å². The summed E-state index contributed by atoms with van der Waals surface area (Å²) in [7, 11) is -3.30. The lowest BCUT2D eigenvalue weighted by Gasteiger charge is -2.25. The largest absolute Gasteiger partial charge is 0.444 e. The van der Waals surface area contributed by atoms with Gasteiger partial charge in [-0.3, -0.25) is 4.79 Å².